The molecule has 1 aromatic heterocycles. The van der Waals surface area contributed by atoms with Crippen LogP contribution >= 0.6 is 23.1 Å². The molecular weight excluding hydrogens is 328 g/mol. The van der Waals surface area contributed by atoms with Crippen LogP contribution in [0.5, 0.6) is 0 Å². The molecule has 3 rings (SSSR count). The van der Waals surface area contributed by atoms with Crippen molar-refractivity contribution in [3.63, 3.8) is 0 Å². The highest BCUT2D eigenvalue weighted by atomic mass is 32.2. The van der Waals surface area contributed by atoms with Gasteiger partial charge in [0.05, 0.1) is 0 Å². The minimum Gasteiger partial charge on any atom is -0.356 e. The van der Waals surface area contributed by atoms with Gasteiger partial charge in [-0.05, 0) is 18.4 Å². The summed E-state index contributed by atoms with van der Waals surface area (Å²) in [6.07, 6.45) is 2.74. The Morgan fingerprint density at radius 3 is 2.91 bits per heavy atom. The van der Waals surface area contributed by atoms with Crippen molar-refractivity contribution in [2.75, 3.05) is 24.2 Å². The van der Waals surface area contributed by atoms with Crippen molar-refractivity contribution in [3.05, 3.63) is 35.9 Å². The lowest BCUT2D eigenvalue weighted by molar-refractivity contribution is -0.127. The average molecular weight is 348 g/mol. The lowest BCUT2D eigenvalue weighted by Crippen LogP contribution is -2.25. The van der Waals surface area contributed by atoms with Crippen LogP contribution in [-0.4, -0.2) is 39.8 Å². The number of hydrogen-bond acceptors (Lipinski definition) is 6. The van der Waals surface area contributed by atoms with Gasteiger partial charge < -0.3 is 10.2 Å². The van der Waals surface area contributed by atoms with Gasteiger partial charge in [-0.3, -0.25) is 4.79 Å². The number of likely N-dealkylation sites (tertiary alicyclic amines) is 1. The number of carbonyl (C=O) groups is 1. The molecule has 0 aliphatic carbocycles. The third kappa shape index (κ3) is 4.94. The molecule has 1 aliphatic rings. The first-order valence-corrected chi connectivity index (χ1v) is 9.63. The zero-order valence-corrected chi connectivity index (χ0v) is 14.5. The Labute approximate surface area is 144 Å². The number of thioether (sulfide) groups is 1. The fraction of sp³-hybridized carbons (Fsp3) is 0.438. The number of rotatable bonds is 8. The number of nitrogens with one attached hydrogen (secondary N) is 1. The monoisotopic (exact) mass is 348 g/mol. The molecule has 0 atom stereocenters. The van der Waals surface area contributed by atoms with Gasteiger partial charge in [-0.1, -0.05) is 53.4 Å². The molecule has 0 bridgehead atoms. The van der Waals surface area contributed by atoms with E-state index in [1.54, 1.807) is 23.1 Å². The molecule has 1 aromatic carbocycles. The number of anilines is 1. The minimum atomic E-state index is 0.304. The van der Waals surface area contributed by atoms with E-state index >= 15 is 0 Å². The second kappa shape index (κ2) is 8.31. The van der Waals surface area contributed by atoms with Gasteiger partial charge in [0, 0.05) is 31.8 Å². The highest BCUT2D eigenvalue weighted by molar-refractivity contribution is 8.01. The fourth-order valence-electron chi connectivity index (χ4n) is 2.47. The lowest BCUT2D eigenvalue weighted by atomic mass is 10.2. The molecule has 2 aromatic rings. The van der Waals surface area contributed by atoms with Gasteiger partial charge >= 0.3 is 0 Å². The number of amides is 1. The largest absolute Gasteiger partial charge is 0.356 e. The molecule has 7 heteroatoms. The van der Waals surface area contributed by atoms with Crippen molar-refractivity contribution in [2.45, 2.75) is 30.1 Å². The maximum Gasteiger partial charge on any atom is 0.222 e. The molecule has 1 N–H and O–H groups in total. The van der Waals surface area contributed by atoms with Crippen LogP contribution in [-0.2, 0) is 11.3 Å². The average Bonchev–Trinajstić information content (AvgIpc) is 3.20. The van der Waals surface area contributed by atoms with Gasteiger partial charge in [0.1, 0.15) is 0 Å². The fourth-order valence-corrected chi connectivity index (χ4v) is 4.21. The van der Waals surface area contributed by atoms with E-state index in [0.717, 1.165) is 54.1 Å². The molecule has 5 nitrogen and oxygen atoms in total. The van der Waals surface area contributed by atoms with Crippen LogP contribution in [0.1, 0.15) is 24.8 Å². The second-order valence-electron chi connectivity index (χ2n) is 5.40. The van der Waals surface area contributed by atoms with E-state index in [1.165, 1.54) is 5.56 Å². The van der Waals surface area contributed by atoms with E-state index in [1.807, 2.05) is 23.1 Å². The van der Waals surface area contributed by atoms with Crippen LogP contribution in [0.25, 0.3) is 0 Å². The van der Waals surface area contributed by atoms with Crippen molar-refractivity contribution in [3.8, 4) is 0 Å². The van der Waals surface area contributed by atoms with Crippen LogP contribution in [0.4, 0.5) is 5.13 Å². The van der Waals surface area contributed by atoms with E-state index in [2.05, 4.69) is 27.6 Å². The maximum absolute atomic E-state index is 11.5. The summed E-state index contributed by atoms with van der Waals surface area (Å²) in [6.45, 7) is 2.55. The molecule has 0 unspecified atom stereocenters. The van der Waals surface area contributed by atoms with Gasteiger partial charge in [-0.15, -0.1) is 10.2 Å². The molecule has 0 spiro atoms. The smallest absolute Gasteiger partial charge is 0.222 e. The van der Waals surface area contributed by atoms with E-state index in [9.17, 15) is 4.79 Å². The van der Waals surface area contributed by atoms with Gasteiger partial charge in [0.2, 0.25) is 11.0 Å². The lowest BCUT2D eigenvalue weighted by Gasteiger charge is -2.14. The number of nitrogens with zero attached hydrogens (tertiary/aromatic N) is 3. The molecule has 1 aliphatic heterocycles. The van der Waals surface area contributed by atoms with Gasteiger partial charge in [-0.2, -0.15) is 0 Å². The summed E-state index contributed by atoms with van der Waals surface area (Å²) in [4.78, 5) is 13.5. The number of benzene rings is 1. The first-order chi connectivity index (χ1) is 11.3. The Morgan fingerprint density at radius 1 is 1.26 bits per heavy atom. The topological polar surface area (TPSA) is 58.1 Å². The zero-order chi connectivity index (χ0) is 15.9. The van der Waals surface area contributed by atoms with Gasteiger partial charge in [0.15, 0.2) is 4.34 Å². The molecule has 23 heavy (non-hydrogen) atoms. The van der Waals surface area contributed by atoms with Crippen LogP contribution in [0.2, 0.25) is 0 Å². The predicted molar refractivity (Wildman–Crippen MR) is 94.8 cm³/mol. The number of hydrogen-bond donors (Lipinski definition) is 1. The molecule has 1 amide bonds. The number of carbonyl (C=O) groups excluding carboxylic acids is 1. The number of aromatic nitrogens is 2. The van der Waals surface area contributed by atoms with Gasteiger partial charge in [-0.25, -0.2) is 0 Å². The Morgan fingerprint density at radius 2 is 2.13 bits per heavy atom. The SMILES string of the molecule is O=C1CCCN1CCCSc1nnc(NCc2ccccc2)s1. The summed E-state index contributed by atoms with van der Waals surface area (Å²) >= 11 is 3.30. The predicted octanol–water partition coefficient (Wildman–Crippen LogP) is 3.25. The van der Waals surface area contributed by atoms with Crippen LogP contribution in [0.15, 0.2) is 34.7 Å². The summed E-state index contributed by atoms with van der Waals surface area (Å²) in [5.41, 5.74) is 1.23. The van der Waals surface area contributed by atoms with Crippen molar-refractivity contribution >= 4 is 34.1 Å². The van der Waals surface area contributed by atoms with E-state index in [-0.39, 0.29) is 0 Å². The highest BCUT2D eigenvalue weighted by Crippen LogP contribution is 2.26. The summed E-state index contributed by atoms with van der Waals surface area (Å²) in [5, 5.41) is 12.5. The van der Waals surface area contributed by atoms with Crippen molar-refractivity contribution < 1.29 is 4.79 Å². The summed E-state index contributed by atoms with van der Waals surface area (Å²) in [6, 6.07) is 10.2. The second-order valence-corrected chi connectivity index (χ2v) is 7.72. The molecule has 1 fully saturated rings. The minimum absolute atomic E-state index is 0.304. The molecule has 0 radical (unpaired) electrons. The molecule has 1 saturated heterocycles. The summed E-state index contributed by atoms with van der Waals surface area (Å²) < 4.78 is 0.980. The summed E-state index contributed by atoms with van der Waals surface area (Å²) in [7, 11) is 0. The highest BCUT2D eigenvalue weighted by Gasteiger charge is 2.19. The molecule has 2 heterocycles. The summed E-state index contributed by atoms with van der Waals surface area (Å²) in [5.74, 6) is 1.27. The van der Waals surface area contributed by atoms with Crippen molar-refractivity contribution in [1.29, 1.82) is 0 Å². The van der Waals surface area contributed by atoms with E-state index in [0.29, 0.717) is 5.91 Å². The zero-order valence-electron chi connectivity index (χ0n) is 12.9. The Kier molecular flexibility index (Phi) is 5.87. The first kappa shape index (κ1) is 16.3. The molecular formula is C16H20N4OS2. The van der Waals surface area contributed by atoms with Gasteiger partial charge in [0.25, 0.3) is 0 Å². The third-order valence-electron chi connectivity index (χ3n) is 3.66. The Bertz CT molecular complexity index is 632. The quantitative estimate of drug-likeness (QED) is 0.586. The molecule has 122 valence electrons. The normalized spacial score (nSPS) is 14.4. The Hall–Kier alpha value is -1.60. The maximum atomic E-state index is 11.5. The third-order valence-corrected chi connectivity index (χ3v) is 5.76. The Balaban J connectivity index is 1.36. The van der Waals surface area contributed by atoms with Crippen LogP contribution < -0.4 is 5.32 Å². The van der Waals surface area contributed by atoms with Crippen LogP contribution in [0.3, 0.4) is 0 Å². The molecule has 0 saturated carbocycles. The standard InChI is InChI=1S/C16H20N4OS2/c21-14-8-4-9-20(14)10-5-11-22-16-19-18-15(23-16)17-12-13-6-2-1-3-7-13/h1-3,6-7H,4-5,8-12H2,(H,17,18). The van der Waals surface area contributed by atoms with Crippen molar-refractivity contribution in [1.82, 2.24) is 15.1 Å². The first-order valence-electron chi connectivity index (χ1n) is 7.83. The van der Waals surface area contributed by atoms with Crippen molar-refractivity contribution in [2.24, 2.45) is 0 Å². The van der Waals surface area contributed by atoms with Crippen LogP contribution in [0, 0.1) is 0 Å². The van der Waals surface area contributed by atoms with E-state index in [4.69, 9.17) is 0 Å². The van der Waals surface area contributed by atoms with E-state index < -0.39 is 0 Å².